The summed E-state index contributed by atoms with van der Waals surface area (Å²) >= 11 is 0. The Bertz CT molecular complexity index is 880. The number of hydrogen-bond donors (Lipinski definition) is 1. The minimum Gasteiger partial charge on any atom is -0.491 e. The maximum atomic E-state index is 13.0. The van der Waals surface area contributed by atoms with Gasteiger partial charge in [-0.15, -0.1) is 0 Å². The van der Waals surface area contributed by atoms with Gasteiger partial charge in [-0.3, -0.25) is 0 Å². The summed E-state index contributed by atoms with van der Waals surface area (Å²) < 4.78 is 41.8. The molecule has 1 aliphatic carbocycles. The van der Waals surface area contributed by atoms with Crippen molar-refractivity contribution < 1.29 is 27.6 Å². The molecule has 1 aromatic carbocycles. The molecular weight excluding hydrogens is 374 g/mol. The summed E-state index contributed by atoms with van der Waals surface area (Å²) in [6, 6.07) is 4.22. The van der Waals surface area contributed by atoms with Crippen LogP contribution in [-0.2, 0) is 11.3 Å². The molecule has 1 N–H and O–H groups in total. The van der Waals surface area contributed by atoms with E-state index >= 15 is 0 Å². The molecule has 8 nitrogen and oxygen atoms in total. The van der Waals surface area contributed by atoms with Crippen LogP contribution in [0.15, 0.2) is 22.7 Å². The average molecular weight is 394 g/mol. The van der Waals surface area contributed by atoms with Crippen LogP contribution in [0, 0.1) is 0 Å². The number of alkyl halides is 2. The van der Waals surface area contributed by atoms with E-state index in [1.165, 1.54) is 19.1 Å². The molecule has 2 amide bonds. The number of nitrogens with one attached hydrogen (secondary N) is 1. The van der Waals surface area contributed by atoms with Crippen molar-refractivity contribution in [2.45, 2.75) is 37.5 Å². The summed E-state index contributed by atoms with van der Waals surface area (Å²) in [6.45, 7) is 0.489. The number of urea groups is 1. The van der Waals surface area contributed by atoms with Gasteiger partial charge in [-0.25, -0.2) is 13.6 Å². The highest BCUT2D eigenvalue weighted by Gasteiger charge is 2.48. The van der Waals surface area contributed by atoms with Crippen LogP contribution in [0.2, 0.25) is 0 Å². The Hall–Kier alpha value is -2.75. The van der Waals surface area contributed by atoms with E-state index in [9.17, 15) is 13.6 Å². The zero-order chi connectivity index (χ0) is 19.9. The van der Waals surface area contributed by atoms with Crippen LogP contribution in [0.25, 0.3) is 11.4 Å². The van der Waals surface area contributed by atoms with Gasteiger partial charge in [0.25, 0.3) is 11.8 Å². The number of halogens is 2. The second-order valence-corrected chi connectivity index (χ2v) is 7.04. The number of rotatable bonds is 5. The van der Waals surface area contributed by atoms with E-state index in [1.54, 1.807) is 6.07 Å². The lowest BCUT2D eigenvalue weighted by atomic mass is 9.87. The molecule has 2 aliphatic rings. The fourth-order valence-corrected chi connectivity index (χ4v) is 3.34. The van der Waals surface area contributed by atoms with Crippen molar-refractivity contribution in [3.05, 3.63) is 29.7 Å². The van der Waals surface area contributed by atoms with Crippen LogP contribution >= 0.6 is 0 Å². The van der Waals surface area contributed by atoms with Gasteiger partial charge in [0.05, 0.1) is 6.04 Å². The van der Waals surface area contributed by atoms with Crippen LogP contribution < -0.4 is 10.1 Å². The average Bonchev–Trinajstić information content (AvgIpc) is 3.26. The fourth-order valence-electron chi connectivity index (χ4n) is 3.34. The molecule has 2 heterocycles. The van der Waals surface area contributed by atoms with Crippen LogP contribution in [0.5, 0.6) is 5.75 Å². The predicted molar refractivity (Wildman–Crippen MR) is 92.9 cm³/mol. The highest BCUT2D eigenvalue weighted by atomic mass is 19.3. The Kier molecular flexibility index (Phi) is 4.66. The normalized spacial score (nSPS) is 20.2. The second kappa shape index (κ2) is 7.01. The molecule has 0 saturated heterocycles. The molecular formula is C18H20F2N4O4. The first-order valence-electron chi connectivity index (χ1n) is 8.86. The second-order valence-electron chi connectivity index (χ2n) is 7.04. The molecule has 4 rings (SSSR count). The molecule has 1 fully saturated rings. The summed E-state index contributed by atoms with van der Waals surface area (Å²) in [7, 11) is 3.07. The van der Waals surface area contributed by atoms with E-state index in [4.69, 9.17) is 14.0 Å². The minimum absolute atomic E-state index is 0.225. The van der Waals surface area contributed by atoms with Gasteiger partial charge in [-0.2, -0.15) is 4.98 Å². The van der Waals surface area contributed by atoms with Crippen molar-refractivity contribution >= 4 is 6.03 Å². The summed E-state index contributed by atoms with van der Waals surface area (Å²) in [5, 5.41) is 6.75. The van der Waals surface area contributed by atoms with E-state index in [0.29, 0.717) is 23.0 Å². The Labute approximate surface area is 159 Å². The Balaban J connectivity index is 1.42. The third-order valence-electron chi connectivity index (χ3n) is 5.02. The number of methoxy groups -OCH3 is 1. The molecule has 0 radical (unpaired) electrons. The Morgan fingerprint density at radius 2 is 2.21 bits per heavy atom. The number of fused-ring (bicyclic) bond motifs is 1. The zero-order valence-electron chi connectivity index (χ0n) is 15.4. The lowest BCUT2D eigenvalue weighted by molar-refractivity contribution is -0.111. The Morgan fingerprint density at radius 3 is 2.93 bits per heavy atom. The minimum atomic E-state index is -2.67. The third kappa shape index (κ3) is 3.51. The van der Waals surface area contributed by atoms with E-state index in [0.717, 1.165) is 5.56 Å². The zero-order valence-corrected chi connectivity index (χ0v) is 15.4. The van der Waals surface area contributed by atoms with Crippen molar-refractivity contribution in [1.82, 2.24) is 20.4 Å². The molecule has 1 aliphatic heterocycles. The van der Waals surface area contributed by atoms with Crippen LogP contribution in [0.3, 0.4) is 0 Å². The first kappa shape index (κ1) is 18.6. The van der Waals surface area contributed by atoms with Crippen molar-refractivity contribution in [3.8, 4) is 17.1 Å². The molecule has 150 valence electrons. The van der Waals surface area contributed by atoms with E-state index in [1.807, 2.05) is 12.1 Å². The summed E-state index contributed by atoms with van der Waals surface area (Å²) in [5.74, 6) is -1.28. The lowest BCUT2D eigenvalue weighted by Crippen LogP contribution is -2.54. The molecule has 0 spiro atoms. The van der Waals surface area contributed by atoms with Crippen LogP contribution in [0.4, 0.5) is 13.6 Å². The molecule has 0 bridgehead atoms. The number of carbonyl (C=O) groups is 1. The highest BCUT2D eigenvalue weighted by molar-refractivity contribution is 5.75. The molecule has 2 aromatic rings. The topological polar surface area (TPSA) is 89.7 Å². The van der Waals surface area contributed by atoms with Gasteiger partial charge in [-0.1, -0.05) is 17.3 Å². The number of amides is 2. The first-order chi connectivity index (χ1) is 13.4. The van der Waals surface area contributed by atoms with Crippen molar-refractivity contribution in [1.29, 1.82) is 0 Å². The standard InChI is InChI=1S/C18H20F2N4O4/c1-24(11-6-18(19,20)7-11)17(25)21-13-8-27-14-5-10(3-4-12(13)14)16-22-15(9-26-2)28-23-16/h3-5,11,13H,6-9H2,1-2H3,(H,21,25)/t13-/m1/s1. The van der Waals surface area contributed by atoms with Crippen molar-refractivity contribution in [2.24, 2.45) is 0 Å². The predicted octanol–water partition coefficient (Wildman–Crippen LogP) is 2.76. The van der Waals surface area contributed by atoms with Gasteiger partial charge in [0.1, 0.15) is 19.0 Å². The quantitative estimate of drug-likeness (QED) is 0.839. The van der Waals surface area contributed by atoms with Gasteiger partial charge >= 0.3 is 6.03 Å². The molecule has 1 aromatic heterocycles. The maximum Gasteiger partial charge on any atom is 0.317 e. The molecule has 1 atom stereocenters. The molecule has 10 heteroatoms. The molecule has 0 unspecified atom stereocenters. The van der Waals surface area contributed by atoms with E-state index < -0.39 is 18.0 Å². The first-order valence-corrected chi connectivity index (χ1v) is 8.86. The maximum absolute atomic E-state index is 13.0. The number of aromatic nitrogens is 2. The number of nitrogens with zero attached hydrogens (tertiary/aromatic N) is 3. The third-order valence-corrected chi connectivity index (χ3v) is 5.02. The van der Waals surface area contributed by atoms with Crippen LogP contribution in [0.1, 0.15) is 30.3 Å². The van der Waals surface area contributed by atoms with Gasteiger partial charge in [-0.05, 0) is 6.07 Å². The SMILES string of the molecule is COCc1nc(-c2ccc3c(c2)OC[C@H]3NC(=O)N(C)C2CC(F)(F)C2)no1. The van der Waals surface area contributed by atoms with Crippen molar-refractivity contribution in [2.75, 3.05) is 20.8 Å². The summed E-state index contributed by atoms with van der Waals surface area (Å²) in [5.41, 5.74) is 1.52. The van der Waals surface area contributed by atoms with Crippen LogP contribution in [-0.4, -0.2) is 53.8 Å². The van der Waals surface area contributed by atoms with Crippen molar-refractivity contribution in [3.63, 3.8) is 0 Å². The van der Waals surface area contributed by atoms with Gasteiger partial charge < -0.3 is 24.2 Å². The summed E-state index contributed by atoms with van der Waals surface area (Å²) in [6.07, 6.45) is -0.596. The van der Waals surface area contributed by atoms with Gasteiger partial charge in [0.15, 0.2) is 0 Å². The number of benzene rings is 1. The highest BCUT2D eigenvalue weighted by Crippen LogP contribution is 2.40. The Morgan fingerprint density at radius 1 is 1.43 bits per heavy atom. The number of hydrogen-bond acceptors (Lipinski definition) is 6. The fraction of sp³-hybridized carbons (Fsp3) is 0.500. The number of ether oxygens (including phenoxy) is 2. The largest absolute Gasteiger partial charge is 0.491 e. The summed E-state index contributed by atoms with van der Waals surface area (Å²) in [4.78, 5) is 17.9. The lowest BCUT2D eigenvalue weighted by Gasteiger charge is -2.40. The molecule has 1 saturated carbocycles. The molecule has 28 heavy (non-hydrogen) atoms. The van der Waals surface area contributed by atoms with Gasteiger partial charge in [0, 0.05) is 44.2 Å². The number of carbonyl (C=O) groups excluding carboxylic acids is 1. The monoisotopic (exact) mass is 394 g/mol. The van der Waals surface area contributed by atoms with E-state index in [-0.39, 0.29) is 32.1 Å². The van der Waals surface area contributed by atoms with E-state index in [2.05, 4.69) is 15.5 Å². The smallest absolute Gasteiger partial charge is 0.317 e. The van der Waals surface area contributed by atoms with Gasteiger partial charge in [0.2, 0.25) is 5.82 Å².